The van der Waals surface area contributed by atoms with Crippen molar-refractivity contribution < 1.29 is 9.90 Å². The number of aliphatic hydroxyl groups is 1. The Balaban J connectivity index is 1.47. The van der Waals surface area contributed by atoms with Crippen molar-refractivity contribution in [2.75, 3.05) is 19.6 Å². The third kappa shape index (κ3) is 3.86. The standard InChI is InChI=1S/C19H20N6O2/c26-18(21-12-19(27)8-9-20-11-19)16-3-1-2-15(10-16)13-4-6-14(7-5-13)17-22-24-25-23-17/h1-7,10,20,27H,8-9,11-12H2,(H,21,26)(H,22,23,24,25)/t19-/m0/s1. The van der Waals surface area contributed by atoms with Crippen molar-refractivity contribution in [3.63, 3.8) is 0 Å². The molecule has 27 heavy (non-hydrogen) atoms. The molecule has 1 aromatic heterocycles. The van der Waals surface area contributed by atoms with E-state index in [2.05, 4.69) is 31.3 Å². The summed E-state index contributed by atoms with van der Waals surface area (Å²) in [5.41, 5.74) is 2.47. The van der Waals surface area contributed by atoms with Crippen molar-refractivity contribution in [1.29, 1.82) is 0 Å². The number of β-amino-alcohol motifs (C(OH)–C–C–N with tert-alkyl or cyclic N) is 1. The van der Waals surface area contributed by atoms with E-state index in [-0.39, 0.29) is 12.5 Å². The Morgan fingerprint density at radius 1 is 1.15 bits per heavy atom. The molecule has 4 rings (SSSR count). The monoisotopic (exact) mass is 364 g/mol. The summed E-state index contributed by atoms with van der Waals surface area (Å²) < 4.78 is 0. The quantitative estimate of drug-likeness (QED) is 0.537. The zero-order chi connectivity index (χ0) is 18.7. The van der Waals surface area contributed by atoms with Gasteiger partial charge in [0.15, 0.2) is 0 Å². The van der Waals surface area contributed by atoms with Gasteiger partial charge in [0, 0.05) is 24.2 Å². The highest BCUT2D eigenvalue weighted by molar-refractivity contribution is 5.95. The van der Waals surface area contributed by atoms with Gasteiger partial charge in [-0.1, -0.05) is 36.4 Å². The van der Waals surface area contributed by atoms with Crippen LogP contribution in [0.4, 0.5) is 0 Å². The average molecular weight is 364 g/mol. The zero-order valence-electron chi connectivity index (χ0n) is 14.6. The molecule has 1 aliphatic heterocycles. The fourth-order valence-electron chi connectivity index (χ4n) is 3.16. The molecule has 2 aromatic carbocycles. The highest BCUT2D eigenvalue weighted by Crippen LogP contribution is 2.23. The Morgan fingerprint density at radius 3 is 2.67 bits per heavy atom. The van der Waals surface area contributed by atoms with E-state index in [1.807, 2.05) is 42.5 Å². The molecule has 1 amide bonds. The number of carbonyl (C=O) groups is 1. The molecular weight excluding hydrogens is 344 g/mol. The molecule has 0 aliphatic carbocycles. The number of aromatic nitrogens is 4. The Labute approximate surface area is 156 Å². The molecule has 1 atom stereocenters. The Morgan fingerprint density at radius 2 is 1.96 bits per heavy atom. The lowest BCUT2D eigenvalue weighted by molar-refractivity contribution is 0.0562. The van der Waals surface area contributed by atoms with Gasteiger partial charge in [-0.25, -0.2) is 0 Å². The van der Waals surface area contributed by atoms with Crippen LogP contribution >= 0.6 is 0 Å². The molecule has 1 fully saturated rings. The summed E-state index contributed by atoms with van der Waals surface area (Å²) in [4.78, 5) is 12.5. The topological polar surface area (TPSA) is 116 Å². The highest BCUT2D eigenvalue weighted by Gasteiger charge is 2.31. The largest absolute Gasteiger partial charge is 0.387 e. The van der Waals surface area contributed by atoms with E-state index in [1.54, 1.807) is 6.07 Å². The molecule has 1 aliphatic rings. The summed E-state index contributed by atoms with van der Waals surface area (Å²) in [5, 5.41) is 30.2. The lowest BCUT2D eigenvalue weighted by atomic mass is 10.0. The Hall–Kier alpha value is -3.10. The first kappa shape index (κ1) is 17.3. The first-order chi connectivity index (χ1) is 13.1. The number of hydrogen-bond acceptors (Lipinski definition) is 6. The van der Waals surface area contributed by atoms with Crippen LogP contribution in [0.25, 0.3) is 22.5 Å². The summed E-state index contributed by atoms with van der Waals surface area (Å²) in [7, 11) is 0. The number of nitrogens with zero attached hydrogens (tertiary/aromatic N) is 3. The van der Waals surface area contributed by atoms with Crippen molar-refractivity contribution in [3.8, 4) is 22.5 Å². The van der Waals surface area contributed by atoms with Crippen molar-refractivity contribution in [1.82, 2.24) is 31.3 Å². The molecule has 1 saturated heterocycles. The predicted octanol–water partition coefficient (Wildman–Crippen LogP) is 0.988. The first-order valence-corrected chi connectivity index (χ1v) is 8.79. The molecule has 0 bridgehead atoms. The number of amides is 1. The number of nitrogens with one attached hydrogen (secondary N) is 3. The summed E-state index contributed by atoms with van der Waals surface area (Å²) in [6.07, 6.45) is 0.639. The van der Waals surface area contributed by atoms with Crippen LogP contribution in [0.3, 0.4) is 0 Å². The van der Waals surface area contributed by atoms with Crippen LogP contribution in [-0.2, 0) is 0 Å². The molecule has 8 heteroatoms. The van der Waals surface area contributed by atoms with Crippen LogP contribution in [0.1, 0.15) is 16.8 Å². The van der Waals surface area contributed by atoms with Crippen LogP contribution in [0.5, 0.6) is 0 Å². The van der Waals surface area contributed by atoms with Gasteiger partial charge in [-0.2, -0.15) is 5.21 Å². The minimum Gasteiger partial charge on any atom is -0.387 e. The van der Waals surface area contributed by atoms with E-state index in [0.717, 1.165) is 23.2 Å². The summed E-state index contributed by atoms with van der Waals surface area (Å²) >= 11 is 0. The highest BCUT2D eigenvalue weighted by atomic mass is 16.3. The molecule has 0 spiro atoms. The molecule has 4 N–H and O–H groups in total. The molecule has 3 aromatic rings. The summed E-state index contributed by atoms with van der Waals surface area (Å²) in [6, 6.07) is 15.1. The molecular formula is C19H20N6O2. The van der Waals surface area contributed by atoms with Crippen molar-refractivity contribution in [2.24, 2.45) is 0 Å². The first-order valence-electron chi connectivity index (χ1n) is 8.79. The number of carbonyl (C=O) groups excluding carboxylic acids is 1. The number of rotatable bonds is 5. The van der Waals surface area contributed by atoms with Gasteiger partial charge in [0.05, 0.1) is 5.60 Å². The van der Waals surface area contributed by atoms with Gasteiger partial charge in [-0.05, 0) is 41.4 Å². The average Bonchev–Trinajstić information content (AvgIpc) is 3.39. The van der Waals surface area contributed by atoms with E-state index in [0.29, 0.717) is 24.4 Å². The minimum atomic E-state index is -0.863. The van der Waals surface area contributed by atoms with Crippen molar-refractivity contribution >= 4 is 5.91 Å². The van der Waals surface area contributed by atoms with Gasteiger partial charge in [-0.15, -0.1) is 10.2 Å². The molecule has 8 nitrogen and oxygen atoms in total. The van der Waals surface area contributed by atoms with Crippen LogP contribution in [0.2, 0.25) is 0 Å². The fourth-order valence-corrected chi connectivity index (χ4v) is 3.16. The Bertz CT molecular complexity index is 918. The minimum absolute atomic E-state index is 0.194. The number of H-pyrrole nitrogens is 1. The number of benzene rings is 2. The van der Waals surface area contributed by atoms with Crippen LogP contribution in [-0.4, -0.2) is 56.9 Å². The van der Waals surface area contributed by atoms with Gasteiger partial charge >= 0.3 is 0 Å². The maximum Gasteiger partial charge on any atom is 0.251 e. The number of aromatic amines is 1. The second-order valence-corrected chi connectivity index (χ2v) is 6.73. The summed E-state index contributed by atoms with van der Waals surface area (Å²) in [5.74, 6) is 0.342. The van der Waals surface area contributed by atoms with Crippen LogP contribution in [0, 0.1) is 0 Å². The smallest absolute Gasteiger partial charge is 0.251 e. The second kappa shape index (κ2) is 7.26. The molecule has 0 unspecified atom stereocenters. The second-order valence-electron chi connectivity index (χ2n) is 6.73. The van der Waals surface area contributed by atoms with Crippen molar-refractivity contribution in [2.45, 2.75) is 12.0 Å². The van der Waals surface area contributed by atoms with Crippen LogP contribution in [0.15, 0.2) is 48.5 Å². The molecule has 2 heterocycles. The molecule has 0 radical (unpaired) electrons. The van der Waals surface area contributed by atoms with Gasteiger partial charge in [0.25, 0.3) is 5.91 Å². The SMILES string of the molecule is O=C(NC[C@]1(O)CCNC1)c1cccc(-c2ccc(-c3nn[nH]n3)cc2)c1. The molecule has 0 saturated carbocycles. The maximum atomic E-state index is 12.5. The van der Waals surface area contributed by atoms with Crippen LogP contribution < -0.4 is 10.6 Å². The van der Waals surface area contributed by atoms with E-state index in [4.69, 9.17) is 0 Å². The van der Waals surface area contributed by atoms with Gasteiger partial charge in [0.2, 0.25) is 5.82 Å². The predicted molar refractivity (Wildman–Crippen MR) is 99.8 cm³/mol. The van der Waals surface area contributed by atoms with E-state index in [9.17, 15) is 9.90 Å². The third-order valence-electron chi connectivity index (χ3n) is 4.75. The summed E-state index contributed by atoms with van der Waals surface area (Å²) in [6.45, 7) is 1.50. The normalized spacial score (nSPS) is 19.1. The van der Waals surface area contributed by atoms with E-state index < -0.39 is 5.60 Å². The fraction of sp³-hybridized carbons (Fsp3) is 0.263. The van der Waals surface area contributed by atoms with E-state index in [1.165, 1.54) is 0 Å². The number of tetrazole rings is 1. The van der Waals surface area contributed by atoms with Gasteiger partial charge < -0.3 is 15.7 Å². The Kier molecular flexibility index (Phi) is 4.66. The maximum absolute atomic E-state index is 12.5. The zero-order valence-corrected chi connectivity index (χ0v) is 14.6. The van der Waals surface area contributed by atoms with Gasteiger partial charge in [0.1, 0.15) is 0 Å². The van der Waals surface area contributed by atoms with E-state index >= 15 is 0 Å². The number of hydrogen-bond donors (Lipinski definition) is 4. The van der Waals surface area contributed by atoms with Gasteiger partial charge in [-0.3, -0.25) is 4.79 Å². The lowest BCUT2D eigenvalue weighted by Gasteiger charge is -2.21. The third-order valence-corrected chi connectivity index (χ3v) is 4.75. The lowest BCUT2D eigenvalue weighted by Crippen LogP contribution is -2.44. The molecule has 138 valence electrons. The van der Waals surface area contributed by atoms with Crippen molar-refractivity contribution in [3.05, 3.63) is 54.1 Å².